The molecule has 0 saturated carbocycles. The predicted octanol–water partition coefficient (Wildman–Crippen LogP) is 15.8. The minimum absolute atomic E-state index is 0.0629. The van der Waals surface area contributed by atoms with Crippen LogP contribution >= 0.6 is 0 Å². The van der Waals surface area contributed by atoms with E-state index in [0.717, 1.165) is 11.4 Å². The van der Waals surface area contributed by atoms with Gasteiger partial charge in [-0.3, -0.25) is 0 Å². The molecule has 0 amide bonds. The number of hydrogen-bond acceptors (Lipinski definition) is 1. The number of anilines is 3. The first-order chi connectivity index (χ1) is 30.3. The Labute approximate surface area is 364 Å². The van der Waals surface area contributed by atoms with Gasteiger partial charge in [0.1, 0.15) is 0 Å². The van der Waals surface area contributed by atoms with Crippen LogP contribution in [-0.4, -0.2) is 0 Å². The fourth-order valence-electron chi connectivity index (χ4n) is 12.4. The van der Waals surface area contributed by atoms with Gasteiger partial charge in [0, 0.05) is 27.6 Å². The van der Waals surface area contributed by atoms with Crippen LogP contribution in [0.2, 0.25) is 0 Å². The highest BCUT2D eigenvalue weighted by Crippen LogP contribution is 2.66. The van der Waals surface area contributed by atoms with Gasteiger partial charge in [-0.1, -0.05) is 198 Å². The van der Waals surface area contributed by atoms with Crippen LogP contribution < -0.4 is 4.90 Å². The molecule has 0 fully saturated rings. The highest BCUT2D eigenvalue weighted by atomic mass is 15.1. The van der Waals surface area contributed by atoms with Crippen molar-refractivity contribution in [2.45, 2.75) is 43.9 Å². The van der Waals surface area contributed by atoms with Gasteiger partial charge in [-0.15, -0.1) is 0 Å². The Kier molecular flexibility index (Phi) is 7.12. The van der Waals surface area contributed by atoms with E-state index in [2.05, 4.69) is 233 Å². The third-order valence-corrected chi connectivity index (χ3v) is 15.1. The molecule has 0 bridgehead atoms. The Hall–Kier alpha value is -7.22. The number of para-hydroxylation sites is 1. The van der Waals surface area contributed by atoms with E-state index in [1.54, 1.807) is 0 Å². The molecule has 4 aliphatic carbocycles. The number of hydrogen-bond donors (Lipinski definition) is 0. The highest BCUT2D eigenvalue weighted by molar-refractivity contribution is 6.01. The van der Waals surface area contributed by atoms with E-state index in [1.165, 1.54) is 106 Å². The van der Waals surface area contributed by atoms with Crippen LogP contribution in [0, 0.1) is 0 Å². The van der Waals surface area contributed by atoms with Gasteiger partial charge in [0.25, 0.3) is 0 Å². The summed E-state index contributed by atoms with van der Waals surface area (Å²) in [7, 11) is 0. The van der Waals surface area contributed by atoms with Crippen molar-refractivity contribution < 1.29 is 0 Å². The first-order valence-electron chi connectivity index (χ1n) is 22.1. The van der Waals surface area contributed by atoms with Gasteiger partial charge in [-0.2, -0.15) is 0 Å². The maximum atomic E-state index is 2.61. The maximum absolute atomic E-state index is 2.61. The minimum Gasteiger partial charge on any atom is -0.310 e. The molecule has 1 heteroatoms. The predicted molar refractivity (Wildman–Crippen MR) is 258 cm³/mol. The Morgan fingerprint density at radius 2 is 0.710 bits per heavy atom. The van der Waals surface area contributed by atoms with Gasteiger partial charge in [-0.05, 0) is 119 Å². The van der Waals surface area contributed by atoms with Crippen molar-refractivity contribution in [3.63, 3.8) is 0 Å². The van der Waals surface area contributed by atoms with Crippen LogP contribution in [-0.2, 0) is 16.2 Å². The van der Waals surface area contributed by atoms with Crippen LogP contribution in [0.3, 0.4) is 0 Å². The first-order valence-corrected chi connectivity index (χ1v) is 22.1. The summed E-state index contributed by atoms with van der Waals surface area (Å²) in [6, 6.07) is 76.0. The van der Waals surface area contributed by atoms with Crippen LogP contribution in [0.4, 0.5) is 17.1 Å². The summed E-state index contributed by atoms with van der Waals surface area (Å²) < 4.78 is 0. The van der Waals surface area contributed by atoms with E-state index in [-0.39, 0.29) is 10.8 Å². The Balaban J connectivity index is 1.12. The zero-order valence-corrected chi connectivity index (χ0v) is 35.5. The summed E-state index contributed by atoms with van der Waals surface area (Å²) in [5.41, 5.74) is 26.6. The lowest BCUT2D eigenvalue weighted by atomic mass is 9.70. The van der Waals surface area contributed by atoms with E-state index in [9.17, 15) is 0 Å². The SMILES string of the molecule is CC1(C)c2ccccc2-c2cc(-c3ccccc3N(c3ccc4c(c3)C(C)(C)c3ccccc3-4)c3cccc4c3C3(c5ccccc5-c5ccccc53)c3ccccc3-4)ccc21. The normalized spacial score (nSPS) is 15.5. The monoisotopic (exact) mass is 791 g/mol. The molecule has 0 saturated heterocycles. The minimum atomic E-state index is -0.516. The lowest BCUT2D eigenvalue weighted by molar-refractivity contribution is 0.660. The van der Waals surface area contributed by atoms with Gasteiger partial charge in [0.2, 0.25) is 0 Å². The van der Waals surface area contributed by atoms with Crippen LogP contribution in [0.15, 0.2) is 200 Å². The third kappa shape index (κ3) is 4.43. The summed E-state index contributed by atoms with van der Waals surface area (Å²) >= 11 is 0. The van der Waals surface area contributed by atoms with Crippen LogP contribution in [0.1, 0.15) is 72.2 Å². The third-order valence-electron chi connectivity index (χ3n) is 15.1. The molecule has 0 atom stereocenters. The molecule has 4 aliphatic rings. The lowest BCUT2D eigenvalue weighted by Gasteiger charge is -2.37. The van der Waals surface area contributed by atoms with Crippen molar-refractivity contribution in [1.29, 1.82) is 0 Å². The zero-order valence-electron chi connectivity index (χ0n) is 35.5. The quantitative estimate of drug-likeness (QED) is 0.172. The Bertz CT molecular complexity index is 3310. The summed E-state index contributed by atoms with van der Waals surface area (Å²) in [6.07, 6.45) is 0. The fourth-order valence-corrected chi connectivity index (χ4v) is 12.4. The van der Waals surface area contributed by atoms with Gasteiger partial charge in [-0.25, -0.2) is 0 Å². The second-order valence-electron chi connectivity index (χ2n) is 18.8. The molecule has 0 aromatic heterocycles. The molecular weight excluding hydrogens is 747 g/mol. The summed E-state index contributed by atoms with van der Waals surface area (Å²) in [4.78, 5) is 2.61. The molecule has 9 aromatic rings. The second kappa shape index (κ2) is 12.4. The summed E-state index contributed by atoms with van der Waals surface area (Å²) in [6.45, 7) is 9.51. The smallest absolute Gasteiger partial charge is 0.0746 e. The standard InChI is InChI=1S/C61H45N/c1-59(2)50-26-12-6-23-45(50)48-36-38(32-35-51(48)59)40-18-10-16-30-56(40)62(39-33-34-46-41-19-5-11-25-49(41)60(3,4)55(46)37-39)57-31-17-24-47-44-22-9-15-29-54(44)61(58(47)57)52-27-13-7-20-42(52)43-21-8-14-28-53(43)61/h5-37H,1-4H3. The van der Waals surface area contributed by atoms with Crippen molar-refractivity contribution in [3.8, 4) is 55.6 Å². The molecule has 0 aliphatic heterocycles. The van der Waals surface area contributed by atoms with E-state index >= 15 is 0 Å². The molecule has 62 heavy (non-hydrogen) atoms. The Morgan fingerprint density at radius 1 is 0.290 bits per heavy atom. The molecule has 1 spiro atoms. The number of rotatable bonds is 4. The largest absolute Gasteiger partial charge is 0.310 e. The van der Waals surface area contributed by atoms with Crippen molar-refractivity contribution in [1.82, 2.24) is 0 Å². The van der Waals surface area contributed by atoms with E-state index in [4.69, 9.17) is 0 Å². The summed E-state index contributed by atoms with van der Waals surface area (Å²) in [5.74, 6) is 0. The van der Waals surface area contributed by atoms with Crippen LogP contribution in [0.25, 0.3) is 55.6 Å². The maximum Gasteiger partial charge on any atom is 0.0746 e. The average molecular weight is 792 g/mol. The number of nitrogens with zero attached hydrogens (tertiary/aromatic N) is 1. The van der Waals surface area contributed by atoms with E-state index in [1.807, 2.05) is 0 Å². The molecular formula is C61H45N. The molecule has 0 radical (unpaired) electrons. The molecule has 0 unspecified atom stereocenters. The van der Waals surface area contributed by atoms with Crippen molar-refractivity contribution in [2.75, 3.05) is 4.90 Å². The van der Waals surface area contributed by atoms with Gasteiger partial charge >= 0.3 is 0 Å². The highest BCUT2D eigenvalue weighted by Gasteiger charge is 2.53. The van der Waals surface area contributed by atoms with Crippen molar-refractivity contribution in [2.24, 2.45) is 0 Å². The van der Waals surface area contributed by atoms with Gasteiger partial charge < -0.3 is 4.90 Å². The lowest BCUT2D eigenvalue weighted by Crippen LogP contribution is -2.28. The van der Waals surface area contributed by atoms with E-state index < -0.39 is 5.41 Å². The topological polar surface area (TPSA) is 3.24 Å². The molecule has 13 rings (SSSR count). The molecule has 0 N–H and O–H groups in total. The van der Waals surface area contributed by atoms with Gasteiger partial charge in [0.05, 0.1) is 16.8 Å². The molecule has 0 heterocycles. The average Bonchev–Trinajstić information content (AvgIpc) is 3.95. The zero-order chi connectivity index (χ0) is 41.5. The fraction of sp³-hybridized carbons (Fsp3) is 0.115. The van der Waals surface area contributed by atoms with Crippen molar-refractivity contribution in [3.05, 3.63) is 245 Å². The number of benzene rings is 9. The molecule has 294 valence electrons. The van der Waals surface area contributed by atoms with Crippen LogP contribution in [0.5, 0.6) is 0 Å². The van der Waals surface area contributed by atoms with Crippen molar-refractivity contribution >= 4 is 17.1 Å². The summed E-state index contributed by atoms with van der Waals surface area (Å²) in [5, 5.41) is 0. The molecule has 9 aromatic carbocycles. The van der Waals surface area contributed by atoms with Gasteiger partial charge in [0.15, 0.2) is 0 Å². The van der Waals surface area contributed by atoms with E-state index in [0.29, 0.717) is 0 Å². The molecule has 1 nitrogen and oxygen atoms in total. The second-order valence-corrected chi connectivity index (χ2v) is 18.8. The number of fused-ring (bicyclic) bond motifs is 16. The Morgan fingerprint density at radius 3 is 1.32 bits per heavy atom. The first kappa shape index (κ1) is 35.5.